The minimum absolute atomic E-state index is 0.0977. The van der Waals surface area contributed by atoms with Gasteiger partial charge in [-0.25, -0.2) is 4.39 Å². The fraction of sp³-hybridized carbons (Fsp3) is 0.667. The first-order valence-corrected chi connectivity index (χ1v) is 8.23. The Morgan fingerprint density at radius 3 is 2.71 bits per heavy atom. The van der Waals surface area contributed by atoms with Crippen molar-refractivity contribution in [2.45, 2.75) is 59.0 Å². The van der Waals surface area contributed by atoms with E-state index in [4.69, 9.17) is 5.73 Å². The summed E-state index contributed by atoms with van der Waals surface area (Å²) in [5.74, 6) is 1.08. The zero-order chi connectivity index (χ0) is 15.6. The molecule has 1 aliphatic rings. The molecule has 1 fully saturated rings. The molecular weight excluding hydrogens is 263 g/mol. The van der Waals surface area contributed by atoms with E-state index in [1.165, 1.54) is 6.42 Å². The molecule has 1 aromatic carbocycles. The van der Waals surface area contributed by atoms with E-state index in [2.05, 4.69) is 32.6 Å². The Bertz CT molecular complexity index is 474. The third kappa shape index (κ3) is 3.57. The Hall–Kier alpha value is -1.09. The maximum Gasteiger partial charge on any atom is 0.146 e. The van der Waals surface area contributed by atoms with Crippen LogP contribution in [0, 0.1) is 17.7 Å². The van der Waals surface area contributed by atoms with Crippen LogP contribution in [0.1, 0.15) is 46.1 Å². The Morgan fingerprint density at radius 1 is 1.33 bits per heavy atom. The van der Waals surface area contributed by atoms with Crippen LogP contribution in [0.15, 0.2) is 18.2 Å². The molecule has 1 aromatic rings. The van der Waals surface area contributed by atoms with Gasteiger partial charge >= 0.3 is 0 Å². The number of benzene rings is 1. The molecule has 0 aromatic heterocycles. The number of para-hydroxylation sites is 1. The Morgan fingerprint density at radius 2 is 2.05 bits per heavy atom. The van der Waals surface area contributed by atoms with Crippen LogP contribution in [0.5, 0.6) is 0 Å². The zero-order valence-corrected chi connectivity index (χ0v) is 13.8. The number of halogens is 1. The van der Waals surface area contributed by atoms with E-state index in [1.807, 2.05) is 6.07 Å². The van der Waals surface area contributed by atoms with Crippen molar-refractivity contribution in [2.24, 2.45) is 17.6 Å². The molecular formula is C18H29FN2. The molecule has 21 heavy (non-hydrogen) atoms. The van der Waals surface area contributed by atoms with Crippen molar-refractivity contribution in [3.05, 3.63) is 29.6 Å². The third-order valence-corrected chi connectivity index (χ3v) is 4.96. The monoisotopic (exact) mass is 292 g/mol. The van der Waals surface area contributed by atoms with Crippen LogP contribution >= 0.6 is 0 Å². The summed E-state index contributed by atoms with van der Waals surface area (Å²) in [6.07, 6.45) is 2.88. The predicted octanol–water partition coefficient (Wildman–Crippen LogP) is 3.98. The molecule has 2 N–H and O–H groups in total. The Balaban J connectivity index is 2.37. The van der Waals surface area contributed by atoms with Gasteiger partial charge in [0.2, 0.25) is 0 Å². The summed E-state index contributed by atoms with van der Waals surface area (Å²) < 4.78 is 14.5. The molecule has 0 saturated carbocycles. The second-order valence-corrected chi connectivity index (χ2v) is 6.83. The lowest BCUT2D eigenvalue weighted by Gasteiger charge is -2.43. The van der Waals surface area contributed by atoms with Gasteiger partial charge in [0.05, 0.1) is 5.69 Å². The fourth-order valence-corrected chi connectivity index (χ4v) is 3.48. The highest BCUT2D eigenvalue weighted by Gasteiger charge is 2.31. The van der Waals surface area contributed by atoms with Gasteiger partial charge in [0.25, 0.3) is 0 Å². The number of hydrogen-bond donors (Lipinski definition) is 1. The number of nitrogens with two attached hydrogens (primary N) is 1. The zero-order valence-electron chi connectivity index (χ0n) is 13.8. The lowest BCUT2D eigenvalue weighted by molar-refractivity contribution is 0.294. The molecule has 2 rings (SSSR count). The maximum absolute atomic E-state index is 14.5. The van der Waals surface area contributed by atoms with Gasteiger partial charge in [-0.05, 0) is 49.7 Å². The van der Waals surface area contributed by atoms with Crippen molar-refractivity contribution in [2.75, 3.05) is 11.4 Å². The standard InChI is InChI=1S/C18H29FN2/c1-5-16(20)10-15-7-6-8-17(19)18(15)21-11-12(2)9-13(3)14(21)4/h6-8,12-14,16H,5,9-11,20H2,1-4H3. The molecule has 0 bridgehead atoms. The maximum atomic E-state index is 14.5. The van der Waals surface area contributed by atoms with Gasteiger partial charge in [-0.2, -0.15) is 0 Å². The van der Waals surface area contributed by atoms with E-state index in [0.29, 0.717) is 17.9 Å². The number of nitrogens with zero attached hydrogens (tertiary/aromatic N) is 1. The van der Waals surface area contributed by atoms with Crippen LogP contribution in [0.4, 0.5) is 10.1 Å². The largest absolute Gasteiger partial charge is 0.366 e. The molecule has 0 amide bonds. The van der Waals surface area contributed by atoms with E-state index in [-0.39, 0.29) is 11.9 Å². The molecule has 2 nitrogen and oxygen atoms in total. The highest BCUT2D eigenvalue weighted by molar-refractivity contribution is 5.56. The highest BCUT2D eigenvalue weighted by atomic mass is 19.1. The molecule has 0 radical (unpaired) electrons. The first kappa shape index (κ1) is 16.3. The van der Waals surface area contributed by atoms with E-state index in [0.717, 1.165) is 30.6 Å². The molecule has 0 spiro atoms. The Kier molecular flexibility index (Phi) is 5.26. The van der Waals surface area contributed by atoms with Crippen LogP contribution in [0.25, 0.3) is 0 Å². The minimum Gasteiger partial charge on any atom is -0.366 e. The molecule has 3 heteroatoms. The molecule has 1 aliphatic heterocycles. The number of hydrogen-bond acceptors (Lipinski definition) is 2. The summed E-state index contributed by atoms with van der Waals surface area (Å²) in [6.45, 7) is 9.75. The average Bonchev–Trinajstić information content (AvgIpc) is 2.43. The highest BCUT2D eigenvalue weighted by Crippen LogP contribution is 2.35. The van der Waals surface area contributed by atoms with Gasteiger partial charge in [-0.15, -0.1) is 0 Å². The molecule has 118 valence electrons. The van der Waals surface area contributed by atoms with Crippen molar-refractivity contribution in [1.82, 2.24) is 0 Å². The quantitative estimate of drug-likeness (QED) is 0.909. The summed E-state index contributed by atoms with van der Waals surface area (Å²) in [5.41, 5.74) is 7.94. The van der Waals surface area contributed by atoms with Crippen LogP contribution in [0.3, 0.4) is 0 Å². The molecule has 1 saturated heterocycles. The molecule has 4 atom stereocenters. The smallest absolute Gasteiger partial charge is 0.146 e. The first-order valence-electron chi connectivity index (χ1n) is 8.23. The van der Waals surface area contributed by atoms with Crippen molar-refractivity contribution in [1.29, 1.82) is 0 Å². The first-order chi connectivity index (χ1) is 9.93. The summed E-state index contributed by atoms with van der Waals surface area (Å²) in [4.78, 5) is 2.27. The van der Waals surface area contributed by atoms with E-state index in [9.17, 15) is 4.39 Å². The number of rotatable bonds is 4. The number of piperidine rings is 1. The Labute approximate surface area is 128 Å². The van der Waals surface area contributed by atoms with Gasteiger partial charge < -0.3 is 10.6 Å². The normalized spacial score (nSPS) is 27.7. The van der Waals surface area contributed by atoms with E-state index >= 15 is 0 Å². The lowest BCUT2D eigenvalue weighted by atomic mass is 9.85. The van der Waals surface area contributed by atoms with Gasteiger partial charge in [0, 0.05) is 18.6 Å². The van der Waals surface area contributed by atoms with Gasteiger partial charge in [0.1, 0.15) is 5.82 Å². The van der Waals surface area contributed by atoms with Gasteiger partial charge in [-0.1, -0.05) is 32.9 Å². The van der Waals surface area contributed by atoms with E-state index in [1.54, 1.807) is 12.1 Å². The lowest BCUT2D eigenvalue weighted by Crippen LogP contribution is -2.46. The average molecular weight is 292 g/mol. The summed E-state index contributed by atoms with van der Waals surface area (Å²) >= 11 is 0. The number of anilines is 1. The second kappa shape index (κ2) is 6.78. The van der Waals surface area contributed by atoms with Crippen molar-refractivity contribution in [3.8, 4) is 0 Å². The summed E-state index contributed by atoms with van der Waals surface area (Å²) in [7, 11) is 0. The molecule has 0 aliphatic carbocycles. The van der Waals surface area contributed by atoms with Gasteiger partial charge in [-0.3, -0.25) is 0 Å². The SMILES string of the molecule is CCC(N)Cc1cccc(F)c1N1CC(C)CC(C)C1C. The predicted molar refractivity (Wildman–Crippen MR) is 88.1 cm³/mol. The van der Waals surface area contributed by atoms with Crippen LogP contribution in [-0.2, 0) is 6.42 Å². The second-order valence-electron chi connectivity index (χ2n) is 6.83. The van der Waals surface area contributed by atoms with Crippen molar-refractivity contribution in [3.63, 3.8) is 0 Å². The van der Waals surface area contributed by atoms with Crippen LogP contribution in [0.2, 0.25) is 0 Å². The topological polar surface area (TPSA) is 29.3 Å². The van der Waals surface area contributed by atoms with Crippen LogP contribution in [-0.4, -0.2) is 18.6 Å². The van der Waals surface area contributed by atoms with Crippen molar-refractivity contribution >= 4 is 5.69 Å². The van der Waals surface area contributed by atoms with Gasteiger partial charge in [0.15, 0.2) is 0 Å². The third-order valence-electron chi connectivity index (χ3n) is 4.96. The minimum atomic E-state index is -0.107. The van der Waals surface area contributed by atoms with Crippen molar-refractivity contribution < 1.29 is 4.39 Å². The summed E-state index contributed by atoms with van der Waals surface area (Å²) in [6, 6.07) is 5.88. The molecule has 4 unspecified atom stereocenters. The molecule has 1 heterocycles. The van der Waals surface area contributed by atoms with Crippen LogP contribution < -0.4 is 10.6 Å². The van der Waals surface area contributed by atoms with E-state index < -0.39 is 0 Å². The summed E-state index contributed by atoms with van der Waals surface area (Å²) in [5, 5.41) is 0. The fourth-order valence-electron chi connectivity index (χ4n) is 3.48.